The lowest BCUT2D eigenvalue weighted by Gasteiger charge is -1.96. The number of nitrogens with one attached hydrogen (secondary N) is 1. The fraction of sp³-hybridized carbons (Fsp3) is 0.600. The first-order valence-corrected chi connectivity index (χ1v) is 4.52. The van der Waals surface area contributed by atoms with Crippen LogP contribution in [0.2, 0.25) is 0 Å². The van der Waals surface area contributed by atoms with E-state index in [1.54, 1.807) is 0 Å². The molecule has 0 atom stereocenters. The number of nitrogens with two attached hydrogens (primary N) is 2. The maximum Gasteiger partial charge on any atom is 0.0561 e. The molecule has 0 aliphatic carbocycles. The van der Waals surface area contributed by atoms with Gasteiger partial charge >= 0.3 is 0 Å². The lowest BCUT2D eigenvalue weighted by Crippen LogP contribution is -2.08. The maximum absolute atomic E-state index is 5.35. The van der Waals surface area contributed by atoms with Gasteiger partial charge in [0.05, 0.1) is 6.54 Å². The summed E-state index contributed by atoms with van der Waals surface area (Å²) in [5, 5.41) is 2.96. The fourth-order valence-electron chi connectivity index (χ4n) is 0.768. The standard InChI is InChI=1S/C10H17N3/c11-7-3-1-5-9-13-10-6-2-4-8-12/h13H,1,3,5,7-9,11-12H2. The molecule has 0 amide bonds. The first-order chi connectivity index (χ1) is 6.41. The SMILES string of the molecule is NCC#CC#CNCCCCCN. The van der Waals surface area contributed by atoms with Gasteiger partial charge in [0.1, 0.15) is 0 Å². The molecule has 5 N–H and O–H groups in total. The summed E-state index contributed by atoms with van der Waals surface area (Å²) < 4.78 is 0. The number of rotatable bonds is 5. The summed E-state index contributed by atoms with van der Waals surface area (Å²) >= 11 is 0. The van der Waals surface area contributed by atoms with Crippen LogP contribution in [0.3, 0.4) is 0 Å². The molecule has 0 aromatic carbocycles. The summed E-state index contributed by atoms with van der Waals surface area (Å²) in [4.78, 5) is 0. The third kappa shape index (κ3) is 10.8. The van der Waals surface area contributed by atoms with Crippen molar-refractivity contribution in [2.75, 3.05) is 19.6 Å². The van der Waals surface area contributed by atoms with Crippen LogP contribution in [0.5, 0.6) is 0 Å². The van der Waals surface area contributed by atoms with E-state index in [-0.39, 0.29) is 0 Å². The van der Waals surface area contributed by atoms with Crippen LogP contribution in [0.15, 0.2) is 0 Å². The van der Waals surface area contributed by atoms with Gasteiger partial charge in [-0.3, -0.25) is 0 Å². The molecule has 0 fully saturated rings. The zero-order chi connectivity index (χ0) is 9.78. The molecule has 3 nitrogen and oxygen atoms in total. The quantitative estimate of drug-likeness (QED) is 0.306. The number of hydrogen-bond acceptors (Lipinski definition) is 3. The summed E-state index contributed by atoms with van der Waals surface area (Å²) in [5.74, 6) is 7.93. The van der Waals surface area contributed by atoms with Crippen LogP contribution < -0.4 is 16.8 Å². The highest BCUT2D eigenvalue weighted by Gasteiger charge is 1.84. The molecular formula is C10H17N3. The highest BCUT2D eigenvalue weighted by atomic mass is 14.8. The molecule has 0 heterocycles. The largest absolute Gasteiger partial charge is 0.345 e. The summed E-state index contributed by atoms with van der Waals surface area (Å²) in [6.07, 6.45) is 3.35. The summed E-state index contributed by atoms with van der Waals surface area (Å²) in [7, 11) is 0. The van der Waals surface area contributed by atoms with Crippen molar-refractivity contribution in [1.29, 1.82) is 0 Å². The fourth-order valence-corrected chi connectivity index (χ4v) is 0.768. The van der Waals surface area contributed by atoms with Crippen LogP contribution in [0.1, 0.15) is 19.3 Å². The molecule has 3 heteroatoms. The van der Waals surface area contributed by atoms with Gasteiger partial charge in [0.2, 0.25) is 0 Å². The van der Waals surface area contributed by atoms with Gasteiger partial charge in [0.25, 0.3) is 0 Å². The summed E-state index contributed by atoms with van der Waals surface area (Å²) in [6, 6.07) is 2.74. The lowest BCUT2D eigenvalue weighted by atomic mass is 10.2. The average molecular weight is 179 g/mol. The van der Waals surface area contributed by atoms with E-state index in [4.69, 9.17) is 11.5 Å². The Morgan fingerprint density at radius 3 is 2.54 bits per heavy atom. The van der Waals surface area contributed by atoms with Gasteiger partial charge in [0, 0.05) is 18.5 Å². The Hall–Kier alpha value is -1.16. The number of hydrogen-bond donors (Lipinski definition) is 3. The van der Waals surface area contributed by atoms with Crippen molar-refractivity contribution < 1.29 is 0 Å². The predicted octanol–water partition coefficient (Wildman–Crippen LogP) is -0.372. The van der Waals surface area contributed by atoms with Crippen LogP contribution in [-0.4, -0.2) is 19.6 Å². The molecule has 0 aliphatic rings. The Morgan fingerprint density at radius 1 is 1.00 bits per heavy atom. The van der Waals surface area contributed by atoms with Crippen molar-refractivity contribution in [3.8, 4) is 23.8 Å². The molecule has 72 valence electrons. The van der Waals surface area contributed by atoms with Gasteiger partial charge in [-0.2, -0.15) is 0 Å². The predicted molar refractivity (Wildman–Crippen MR) is 55.5 cm³/mol. The third-order valence-electron chi connectivity index (χ3n) is 1.41. The Labute approximate surface area is 80.3 Å². The van der Waals surface area contributed by atoms with Crippen LogP contribution in [0.25, 0.3) is 0 Å². The van der Waals surface area contributed by atoms with Crippen LogP contribution in [-0.2, 0) is 0 Å². The second-order valence-electron chi connectivity index (χ2n) is 2.53. The van der Waals surface area contributed by atoms with Gasteiger partial charge in [-0.1, -0.05) is 12.3 Å². The molecule has 0 unspecified atom stereocenters. The normalized spacial score (nSPS) is 7.85. The van der Waals surface area contributed by atoms with E-state index in [1.165, 1.54) is 0 Å². The molecule has 13 heavy (non-hydrogen) atoms. The Balaban J connectivity index is 3.18. The smallest absolute Gasteiger partial charge is 0.0561 e. The minimum Gasteiger partial charge on any atom is -0.345 e. The first kappa shape index (κ1) is 11.8. The maximum atomic E-state index is 5.35. The van der Waals surface area contributed by atoms with Crippen molar-refractivity contribution in [3.63, 3.8) is 0 Å². The van der Waals surface area contributed by atoms with Crippen molar-refractivity contribution in [3.05, 3.63) is 0 Å². The average Bonchev–Trinajstić information content (AvgIpc) is 2.16. The van der Waals surface area contributed by atoms with E-state index >= 15 is 0 Å². The number of unbranched alkanes of at least 4 members (excludes halogenated alkanes) is 2. The van der Waals surface area contributed by atoms with Crippen LogP contribution in [0.4, 0.5) is 0 Å². The van der Waals surface area contributed by atoms with E-state index in [9.17, 15) is 0 Å². The van der Waals surface area contributed by atoms with Crippen molar-refractivity contribution >= 4 is 0 Å². The van der Waals surface area contributed by atoms with Crippen molar-refractivity contribution in [2.45, 2.75) is 19.3 Å². The monoisotopic (exact) mass is 179 g/mol. The molecule has 0 spiro atoms. The first-order valence-electron chi connectivity index (χ1n) is 4.52. The highest BCUT2D eigenvalue weighted by molar-refractivity contribution is 5.25. The molecule has 0 saturated carbocycles. The minimum absolute atomic E-state index is 0.366. The summed E-state index contributed by atoms with van der Waals surface area (Å²) in [5.41, 5.74) is 10.5. The minimum atomic E-state index is 0.366. The van der Waals surface area contributed by atoms with Gasteiger partial charge in [-0.05, 0) is 25.3 Å². The topological polar surface area (TPSA) is 64.1 Å². The van der Waals surface area contributed by atoms with Gasteiger partial charge in [-0.25, -0.2) is 0 Å². The van der Waals surface area contributed by atoms with E-state index in [0.717, 1.165) is 32.4 Å². The third-order valence-corrected chi connectivity index (χ3v) is 1.41. The Kier molecular flexibility index (Phi) is 9.87. The molecule has 0 rings (SSSR count). The second-order valence-corrected chi connectivity index (χ2v) is 2.53. The lowest BCUT2D eigenvalue weighted by molar-refractivity contribution is 0.667. The van der Waals surface area contributed by atoms with Gasteiger partial charge in [-0.15, -0.1) is 0 Å². The molecule has 0 aromatic rings. The summed E-state index contributed by atoms with van der Waals surface area (Å²) in [6.45, 7) is 2.04. The van der Waals surface area contributed by atoms with Crippen molar-refractivity contribution in [2.24, 2.45) is 11.5 Å². The van der Waals surface area contributed by atoms with E-state index < -0.39 is 0 Å². The van der Waals surface area contributed by atoms with E-state index in [2.05, 4.69) is 29.1 Å². The van der Waals surface area contributed by atoms with E-state index in [0.29, 0.717) is 6.54 Å². The molecule has 0 radical (unpaired) electrons. The molecule has 0 bridgehead atoms. The van der Waals surface area contributed by atoms with E-state index in [1.807, 2.05) is 0 Å². The highest BCUT2D eigenvalue weighted by Crippen LogP contribution is 1.89. The van der Waals surface area contributed by atoms with Crippen LogP contribution >= 0.6 is 0 Å². The molecular weight excluding hydrogens is 162 g/mol. The van der Waals surface area contributed by atoms with Gasteiger partial charge < -0.3 is 16.8 Å². The second kappa shape index (κ2) is 10.8. The molecule has 0 aliphatic heterocycles. The Morgan fingerprint density at radius 2 is 1.85 bits per heavy atom. The molecule has 0 aromatic heterocycles. The van der Waals surface area contributed by atoms with Crippen molar-refractivity contribution in [1.82, 2.24) is 5.32 Å². The Bertz CT molecular complexity index is 214. The van der Waals surface area contributed by atoms with Crippen LogP contribution in [0, 0.1) is 23.8 Å². The zero-order valence-corrected chi connectivity index (χ0v) is 7.90. The molecule has 0 saturated heterocycles. The zero-order valence-electron chi connectivity index (χ0n) is 7.90. The van der Waals surface area contributed by atoms with Gasteiger partial charge in [0.15, 0.2) is 0 Å².